The summed E-state index contributed by atoms with van der Waals surface area (Å²) in [5.74, 6) is 0.0652. The van der Waals surface area contributed by atoms with Crippen LogP contribution in [0.4, 0.5) is 5.69 Å². The van der Waals surface area contributed by atoms with E-state index in [1.54, 1.807) is 0 Å². The predicted octanol–water partition coefficient (Wildman–Crippen LogP) is 2.67. The van der Waals surface area contributed by atoms with Gasteiger partial charge < -0.3 is 10.6 Å². The highest BCUT2D eigenvalue weighted by Gasteiger charge is 2.15. The molecule has 1 amide bonds. The molecule has 126 valence electrons. The van der Waals surface area contributed by atoms with Crippen LogP contribution in [0.25, 0.3) is 0 Å². The monoisotopic (exact) mass is 347 g/mol. The van der Waals surface area contributed by atoms with E-state index in [9.17, 15) is 4.79 Å². The maximum Gasteiger partial charge on any atom is 0.238 e. The average Bonchev–Trinajstić information content (AvgIpc) is 2.39. The zero-order valence-corrected chi connectivity index (χ0v) is 15.1. The third kappa shape index (κ3) is 6.53. The van der Waals surface area contributed by atoms with Gasteiger partial charge in [0.1, 0.15) is 0 Å². The van der Waals surface area contributed by atoms with Gasteiger partial charge in [-0.15, -0.1) is 24.8 Å². The summed E-state index contributed by atoms with van der Waals surface area (Å²) in [5, 5.41) is 6.25. The molecule has 1 aliphatic heterocycles. The fourth-order valence-corrected chi connectivity index (χ4v) is 2.33. The highest BCUT2D eigenvalue weighted by atomic mass is 35.5. The zero-order chi connectivity index (χ0) is 14.6. The Balaban J connectivity index is 0.00000220. The Kier molecular flexibility index (Phi) is 9.01. The summed E-state index contributed by atoms with van der Waals surface area (Å²) < 4.78 is 0. The summed E-state index contributed by atoms with van der Waals surface area (Å²) in [6.07, 6.45) is 0. The lowest BCUT2D eigenvalue weighted by molar-refractivity contribution is -0.117. The van der Waals surface area contributed by atoms with Crippen molar-refractivity contribution in [3.05, 3.63) is 29.8 Å². The number of rotatable bonds is 3. The lowest BCUT2D eigenvalue weighted by atomic mass is 9.87. The third-order valence-corrected chi connectivity index (χ3v) is 3.61. The Morgan fingerprint density at radius 3 is 2.18 bits per heavy atom. The SMILES string of the molecule is CC(C)(C)c1ccc(NC(=O)CN2CCNCC2)cc1.Cl.Cl. The lowest BCUT2D eigenvalue weighted by Gasteiger charge is -2.26. The average molecular weight is 348 g/mol. The van der Waals surface area contributed by atoms with Crippen LogP contribution in [-0.4, -0.2) is 43.5 Å². The van der Waals surface area contributed by atoms with Crippen molar-refractivity contribution < 1.29 is 4.79 Å². The number of nitrogens with one attached hydrogen (secondary N) is 2. The molecule has 0 saturated carbocycles. The number of hydrogen-bond donors (Lipinski definition) is 2. The molecule has 0 aliphatic carbocycles. The minimum absolute atomic E-state index is 0. The molecule has 0 spiro atoms. The minimum atomic E-state index is 0. The molecular formula is C16H27Cl2N3O. The molecule has 1 aromatic carbocycles. The molecule has 1 aromatic rings. The first-order valence-electron chi connectivity index (χ1n) is 7.28. The van der Waals surface area contributed by atoms with Crippen molar-refractivity contribution in [2.45, 2.75) is 26.2 Å². The van der Waals surface area contributed by atoms with Gasteiger partial charge in [0.15, 0.2) is 0 Å². The van der Waals surface area contributed by atoms with E-state index < -0.39 is 0 Å². The number of anilines is 1. The van der Waals surface area contributed by atoms with Crippen LogP contribution in [0.1, 0.15) is 26.3 Å². The van der Waals surface area contributed by atoms with E-state index in [1.807, 2.05) is 12.1 Å². The van der Waals surface area contributed by atoms with Gasteiger partial charge >= 0.3 is 0 Å². The molecule has 22 heavy (non-hydrogen) atoms. The first-order chi connectivity index (χ1) is 9.45. The zero-order valence-electron chi connectivity index (χ0n) is 13.5. The third-order valence-electron chi connectivity index (χ3n) is 3.61. The smallest absolute Gasteiger partial charge is 0.238 e. The summed E-state index contributed by atoms with van der Waals surface area (Å²) in [5.41, 5.74) is 2.29. The number of piperazine rings is 1. The maximum absolute atomic E-state index is 12.0. The van der Waals surface area contributed by atoms with Gasteiger partial charge in [0, 0.05) is 31.9 Å². The van der Waals surface area contributed by atoms with Crippen LogP contribution in [0.15, 0.2) is 24.3 Å². The van der Waals surface area contributed by atoms with Crippen LogP contribution in [0.3, 0.4) is 0 Å². The largest absolute Gasteiger partial charge is 0.325 e. The molecule has 6 heteroatoms. The predicted molar refractivity (Wildman–Crippen MR) is 97.6 cm³/mol. The van der Waals surface area contributed by atoms with Crippen LogP contribution in [-0.2, 0) is 10.2 Å². The van der Waals surface area contributed by atoms with Crippen LogP contribution in [0.5, 0.6) is 0 Å². The molecule has 0 radical (unpaired) electrons. The van der Waals surface area contributed by atoms with Gasteiger partial charge in [-0.2, -0.15) is 0 Å². The highest BCUT2D eigenvalue weighted by Crippen LogP contribution is 2.23. The molecule has 0 bridgehead atoms. The Bertz CT molecular complexity index is 451. The summed E-state index contributed by atoms with van der Waals surface area (Å²) in [6, 6.07) is 8.13. The summed E-state index contributed by atoms with van der Waals surface area (Å²) in [7, 11) is 0. The van der Waals surface area contributed by atoms with Crippen LogP contribution in [0, 0.1) is 0 Å². The Morgan fingerprint density at radius 2 is 1.68 bits per heavy atom. The quantitative estimate of drug-likeness (QED) is 0.883. The van der Waals surface area contributed by atoms with E-state index in [-0.39, 0.29) is 36.1 Å². The summed E-state index contributed by atoms with van der Waals surface area (Å²) in [4.78, 5) is 14.2. The van der Waals surface area contributed by atoms with Crippen LogP contribution >= 0.6 is 24.8 Å². The molecule has 0 atom stereocenters. The van der Waals surface area contributed by atoms with Crippen molar-refractivity contribution in [1.82, 2.24) is 10.2 Å². The molecule has 4 nitrogen and oxygen atoms in total. The molecule has 2 N–H and O–H groups in total. The van der Waals surface area contributed by atoms with Gasteiger partial charge in [0.2, 0.25) is 5.91 Å². The second-order valence-corrected chi connectivity index (χ2v) is 6.40. The summed E-state index contributed by atoms with van der Waals surface area (Å²) >= 11 is 0. The second kappa shape index (κ2) is 9.36. The maximum atomic E-state index is 12.0. The number of amides is 1. The number of halogens is 2. The van der Waals surface area contributed by atoms with Crippen LogP contribution < -0.4 is 10.6 Å². The normalized spacial score (nSPS) is 15.4. The fourth-order valence-electron chi connectivity index (χ4n) is 2.33. The topological polar surface area (TPSA) is 44.4 Å². The van der Waals surface area contributed by atoms with E-state index in [4.69, 9.17) is 0 Å². The first kappa shape index (κ1) is 21.2. The van der Waals surface area contributed by atoms with E-state index in [1.165, 1.54) is 5.56 Å². The molecular weight excluding hydrogens is 321 g/mol. The Morgan fingerprint density at radius 1 is 1.14 bits per heavy atom. The number of nitrogens with zero attached hydrogens (tertiary/aromatic N) is 1. The Hall–Kier alpha value is -0.810. The van der Waals surface area contributed by atoms with Gasteiger partial charge in [-0.3, -0.25) is 9.69 Å². The van der Waals surface area contributed by atoms with E-state index in [0.717, 1.165) is 31.9 Å². The van der Waals surface area contributed by atoms with E-state index in [2.05, 4.69) is 48.4 Å². The van der Waals surface area contributed by atoms with Crippen LogP contribution in [0.2, 0.25) is 0 Å². The first-order valence-corrected chi connectivity index (χ1v) is 7.28. The van der Waals surface area contributed by atoms with Gasteiger partial charge in [-0.1, -0.05) is 32.9 Å². The second-order valence-electron chi connectivity index (χ2n) is 6.40. The number of benzene rings is 1. The molecule has 0 aromatic heterocycles. The fraction of sp³-hybridized carbons (Fsp3) is 0.562. The molecule has 1 aliphatic rings. The summed E-state index contributed by atoms with van der Waals surface area (Å²) in [6.45, 7) is 10.8. The number of carbonyl (C=O) groups is 1. The van der Waals surface area contributed by atoms with Crippen molar-refractivity contribution >= 4 is 36.4 Å². The van der Waals surface area contributed by atoms with Crippen molar-refractivity contribution in [1.29, 1.82) is 0 Å². The molecule has 2 rings (SSSR count). The van der Waals surface area contributed by atoms with Gasteiger partial charge in [-0.05, 0) is 23.1 Å². The minimum Gasteiger partial charge on any atom is -0.325 e. The van der Waals surface area contributed by atoms with Gasteiger partial charge in [0.05, 0.1) is 6.54 Å². The van der Waals surface area contributed by atoms with Gasteiger partial charge in [0.25, 0.3) is 0 Å². The van der Waals surface area contributed by atoms with Crippen molar-refractivity contribution in [3.63, 3.8) is 0 Å². The number of carbonyl (C=O) groups excluding carboxylic acids is 1. The van der Waals surface area contributed by atoms with Gasteiger partial charge in [-0.25, -0.2) is 0 Å². The van der Waals surface area contributed by atoms with E-state index >= 15 is 0 Å². The lowest BCUT2D eigenvalue weighted by Crippen LogP contribution is -2.46. The van der Waals surface area contributed by atoms with Crippen molar-refractivity contribution in [2.75, 3.05) is 38.0 Å². The Labute approximate surface area is 145 Å². The molecule has 1 saturated heterocycles. The van der Waals surface area contributed by atoms with Crippen molar-refractivity contribution in [2.24, 2.45) is 0 Å². The van der Waals surface area contributed by atoms with Crippen molar-refractivity contribution in [3.8, 4) is 0 Å². The van der Waals surface area contributed by atoms with E-state index in [0.29, 0.717) is 6.54 Å². The molecule has 1 fully saturated rings. The molecule has 1 heterocycles. The molecule has 0 unspecified atom stereocenters. The number of hydrogen-bond acceptors (Lipinski definition) is 3. The highest BCUT2D eigenvalue weighted by molar-refractivity contribution is 5.92. The standard InChI is InChI=1S/C16H25N3O.2ClH/c1-16(2,3)13-4-6-14(7-5-13)18-15(20)12-19-10-8-17-9-11-19;;/h4-7,17H,8-12H2,1-3H3,(H,18,20);2*1H.